The molecule has 5 aromatic rings. The Bertz CT molecular complexity index is 2700. The first-order chi connectivity index (χ1) is 34.7. The first-order valence-electron chi connectivity index (χ1n) is 24.8. The number of carbonyl (C=O) groups is 4. The van der Waals surface area contributed by atoms with E-state index in [4.69, 9.17) is 14.2 Å². The van der Waals surface area contributed by atoms with E-state index in [9.17, 15) is 24.3 Å². The van der Waals surface area contributed by atoms with Gasteiger partial charge in [-0.15, -0.1) is 11.3 Å². The molecule has 5 N–H and O–H groups in total. The smallest absolute Gasteiger partial charge is 0.251 e. The van der Waals surface area contributed by atoms with Gasteiger partial charge in [-0.25, -0.2) is 18.2 Å². The van der Waals surface area contributed by atoms with E-state index < -0.39 is 70.6 Å². The number of aromatic nitrogens is 2. The number of thiazole rings is 1. The fourth-order valence-electron chi connectivity index (χ4n) is 9.54. The van der Waals surface area contributed by atoms with Crippen LogP contribution in [-0.4, -0.2) is 138 Å². The molecule has 2 aliphatic heterocycles. The number of ether oxygens (including phenoxy) is 3. The van der Waals surface area contributed by atoms with E-state index in [-0.39, 0.29) is 89.4 Å². The van der Waals surface area contributed by atoms with E-state index in [1.54, 1.807) is 42.5 Å². The highest BCUT2D eigenvalue weighted by atomic mass is 32.1. The Morgan fingerprint density at radius 2 is 1.60 bits per heavy atom. The van der Waals surface area contributed by atoms with Crippen molar-refractivity contribution in [2.45, 2.75) is 110 Å². The van der Waals surface area contributed by atoms with Gasteiger partial charge in [0.1, 0.15) is 36.0 Å². The number of fused-ring (bicyclic) bond motifs is 3. The molecule has 7 rings (SSSR count). The maximum Gasteiger partial charge on any atom is 0.251 e. The van der Waals surface area contributed by atoms with Gasteiger partial charge in [-0.3, -0.25) is 24.1 Å². The van der Waals surface area contributed by atoms with Gasteiger partial charge in [0.15, 0.2) is 0 Å². The molecule has 5 atom stereocenters. The fourth-order valence-corrected chi connectivity index (χ4v) is 10.4. The number of rotatable bonds is 22. The molecule has 0 bridgehead atoms. The zero-order valence-electron chi connectivity index (χ0n) is 42.6. The lowest BCUT2D eigenvalue weighted by molar-refractivity contribution is -0.144. The first kappa shape index (κ1) is 55.1. The Labute approximate surface area is 428 Å². The summed E-state index contributed by atoms with van der Waals surface area (Å²) in [5, 5.41) is 19.9. The van der Waals surface area contributed by atoms with Crippen LogP contribution >= 0.6 is 11.3 Å². The van der Waals surface area contributed by atoms with Gasteiger partial charge < -0.3 is 45.2 Å². The summed E-state index contributed by atoms with van der Waals surface area (Å²) in [5.41, 5.74) is 4.21. The minimum Gasteiger partial charge on any atom is -0.391 e. The van der Waals surface area contributed by atoms with Crippen molar-refractivity contribution in [2.24, 2.45) is 5.41 Å². The zero-order chi connectivity index (χ0) is 52.6. The lowest BCUT2D eigenvalue weighted by Gasteiger charge is -2.43. The van der Waals surface area contributed by atoms with Crippen LogP contribution in [0.25, 0.3) is 21.3 Å². The van der Waals surface area contributed by atoms with E-state index in [0.29, 0.717) is 18.5 Å². The zero-order valence-corrected chi connectivity index (χ0v) is 43.4. The second kappa shape index (κ2) is 24.1. The third-order valence-corrected chi connectivity index (χ3v) is 14.1. The van der Waals surface area contributed by atoms with Crippen LogP contribution in [0.3, 0.4) is 0 Å². The summed E-state index contributed by atoms with van der Waals surface area (Å²) in [4.78, 5) is 65.3. The number of alkyl halides is 1. The largest absolute Gasteiger partial charge is 0.391 e. The first-order valence-corrected chi connectivity index (χ1v) is 25.7. The number of β-amino-alcohol motifs (C(OH)–C–C–N with tert-alkyl or cyclic N) is 1. The molecule has 15 nitrogen and oxygen atoms in total. The van der Waals surface area contributed by atoms with Crippen LogP contribution in [0.1, 0.15) is 98.9 Å². The van der Waals surface area contributed by atoms with Gasteiger partial charge in [-0.05, 0) is 80.8 Å². The Hall–Kier alpha value is -5.70. The highest BCUT2D eigenvalue weighted by Gasteiger charge is 2.45. The lowest BCUT2D eigenvalue weighted by atomic mass is 9.85. The maximum absolute atomic E-state index is 16.1. The molecule has 19 heteroatoms. The van der Waals surface area contributed by atoms with Crippen molar-refractivity contribution in [1.82, 2.24) is 35.7 Å². The lowest BCUT2D eigenvalue weighted by Crippen LogP contribution is -2.58. The number of para-hydroxylation sites is 1. The van der Waals surface area contributed by atoms with Crippen molar-refractivity contribution >= 4 is 45.9 Å². The average molecular weight is 1030 g/mol. The van der Waals surface area contributed by atoms with E-state index >= 15 is 13.2 Å². The Morgan fingerprint density at radius 1 is 0.932 bits per heavy atom. The number of nitrogens with one attached hydrogen (secondary N) is 4. The number of hydrogen-bond donors (Lipinski definition) is 5. The molecule has 0 saturated carbocycles. The summed E-state index contributed by atoms with van der Waals surface area (Å²) in [6, 6.07) is 14.4. The Kier molecular flexibility index (Phi) is 18.2. The van der Waals surface area contributed by atoms with Crippen molar-refractivity contribution in [1.29, 1.82) is 0 Å². The molecule has 3 aromatic carbocycles. The van der Waals surface area contributed by atoms with E-state index in [1.807, 2.05) is 62.4 Å². The van der Waals surface area contributed by atoms with Crippen LogP contribution in [0, 0.1) is 24.0 Å². The van der Waals surface area contributed by atoms with Crippen LogP contribution in [0.4, 0.5) is 13.2 Å². The number of benzene rings is 3. The van der Waals surface area contributed by atoms with Gasteiger partial charge in [0.05, 0.1) is 54.7 Å². The van der Waals surface area contributed by atoms with E-state index in [1.165, 1.54) is 18.7 Å². The second-order valence-corrected chi connectivity index (χ2v) is 21.4. The number of aliphatic hydroxyl groups is 1. The quantitative estimate of drug-likeness (QED) is 0.0455. The minimum absolute atomic E-state index is 0.0469. The number of carbonyl (C=O) groups excluding carboxylic acids is 4. The number of H-pyrrole nitrogens is 1. The number of hydrogen-bond acceptors (Lipinski definition) is 11. The van der Waals surface area contributed by atoms with Gasteiger partial charge in [-0.2, -0.15) is 0 Å². The highest BCUT2D eigenvalue weighted by molar-refractivity contribution is 7.13. The normalized spacial score (nSPS) is 18.7. The molecular formula is C54H68F3N7O8S. The number of nitrogens with zero attached hydrogens (tertiary/aromatic N) is 3. The van der Waals surface area contributed by atoms with Crippen molar-refractivity contribution in [3.8, 4) is 10.4 Å². The molecule has 2 aliphatic rings. The molecular weight excluding hydrogens is 964 g/mol. The number of amides is 4. The molecule has 1 unspecified atom stereocenters. The highest BCUT2D eigenvalue weighted by Crippen LogP contribution is 2.43. The summed E-state index contributed by atoms with van der Waals surface area (Å²) in [6.45, 7) is 13.1. The van der Waals surface area contributed by atoms with Crippen LogP contribution in [-0.2, 0) is 41.6 Å². The molecule has 0 radical (unpaired) electrons. The van der Waals surface area contributed by atoms with Gasteiger partial charge in [0.25, 0.3) is 5.91 Å². The summed E-state index contributed by atoms with van der Waals surface area (Å²) < 4.78 is 64.0. The van der Waals surface area contributed by atoms with Crippen LogP contribution < -0.4 is 16.0 Å². The summed E-state index contributed by atoms with van der Waals surface area (Å²) in [5.74, 6) is -3.86. The molecule has 394 valence electrons. The van der Waals surface area contributed by atoms with Crippen molar-refractivity contribution < 1.29 is 51.7 Å². The van der Waals surface area contributed by atoms with Crippen LogP contribution in [0.15, 0.2) is 66.2 Å². The predicted octanol–water partition coefficient (Wildman–Crippen LogP) is 6.94. The molecule has 73 heavy (non-hydrogen) atoms. The van der Waals surface area contributed by atoms with Crippen molar-refractivity contribution in [3.05, 3.63) is 111 Å². The second-order valence-electron chi connectivity index (χ2n) is 20.6. The summed E-state index contributed by atoms with van der Waals surface area (Å²) in [6.07, 6.45) is 0.155. The third kappa shape index (κ3) is 13.9. The third-order valence-electron chi connectivity index (χ3n) is 13.1. The standard InChI is InChI=1S/C54H68F3N7O8S/c1-32-23-39-38-11-8-9-12-42(38)61-46(39)47(64(32)30-54(6,7)57)45-40(55)24-36(25-41(45)56)50(67)58-17-10-18-70-19-20-71-21-22-72-29-44(66)62-49(53(3,4)5)52(69)63-28-37(65)26-43(63)51(68)59-27-34-13-15-35(16-14-34)48-33(2)60-31-73-48/h8-9,11-16,24-25,31-32,37,43,47,49,61,65H,10,17-23,26-30H2,1-7H3,(H,58,67)(H,59,68)(H,62,66)/t32-,37-,43+,47-,49?/m1/s1. The minimum atomic E-state index is -1.64. The molecule has 0 aliphatic carbocycles. The molecule has 2 aromatic heterocycles. The predicted molar refractivity (Wildman–Crippen MR) is 273 cm³/mol. The number of aryl methyl sites for hydroxylation is 1. The SMILES string of the molecule is Cc1ncsc1-c1ccc(CNC(=O)[C@@H]2C[C@@H](O)CN2C(=O)C(NC(=O)COCCOCCOCCCNC(=O)c2cc(F)c([C@@H]3c4[nH]c5ccccc5c4C[C@@H](C)N3CC(C)(C)F)c(F)c2)C(C)(C)C)cc1. The van der Waals surface area contributed by atoms with Crippen LogP contribution in [0.2, 0.25) is 0 Å². The van der Waals surface area contributed by atoms with Gasteiger partial charge in [0, 0.05) is 73.0 Å². The van der Waals surface area contributed by atoms with Gasteiger partial charge in [0.2, 0.25) is 17.7 Å². The monoisotopic (exact) mass is 1030 g/mol. The van der Waals surface area contributed by atoms with Gasteiger partial charge in [-0.1, -0.05) is 63.2 Å². The molecule has 1 fully saturated rings. The number of halogens is 3. The van der Waals surface area contributed by atoms with Gasteiger partial charge >= 0.3 is 0 Å². The Morgan fingerprint density at radius 3 is 2.26 bits per heavy atom. The molecule has 4 heterocycles. The van der Waals surface area contributed by atoms with E-state index in [0.717, 1.165) is 50.3 Å². The summed E-state index contributed by atoms with van der Waals surface area (Å²) >= 11 is 1.56. The van der Waals surface area contributed by atoms with Crippen molar-refractivity contribution in [3.63, 3.8) is 0 Å². The molecule has 1 saturated heterocycles. The number of aromatic amines is 1. The summed E-state index contributed by atoms with van der Waals surface area (Å²) in [7, 11) is 0. The Balaban J connectivity index is 0.789. The molecule has 0 spiro atoms. The average Bonchev–Trinajstić information content (AvgIpc) is 4.06. The maximum atomic E-state index is 16.1. The fraction of sp³-hybridized carbons (Fsp3) is 0.500. The topological polar surface area (TPSA) is 187 Å². The van der Waals surface area contributed by atoms with Crippen LogP contribution in [0.5, 0.6) is 0 Å². The number of aliphatic hydroxyl groups excluding tert-OH is 1. The van der Waals surface area contributed by atoms with Crippen molar-refractivity contribution in [2.75, 3.05) is 59.3 Å². The van der Waals surface area contributed by atoms with E-state index in [2.05, 4.69) is 25.9 Å². The number of likely N-dealkylation sites (tertiary alicyclic amines) is 1. The molecule has 4 amide bonds.